The predicted octanol–water partition coefficient (Wildman–Crippen LogP) is 10.2. The van der Waals surface area contributed by atoms with Crippen molar-refractivity contribution in [2.24, 2.45) is 10.4 Å². The highest BCUT2D eigenvalue weighted by Crippen LogP contribution is 2.40. The molecular formula is C32H24N2O4. The molecular weight excluding hydrogens is 476 g/mol. The van der Waals surface area contributed by atoms with Crippen LogP contribution < -0.4 is 0 Å². The van der Waals surface area contributed by atoms with Crippen molar-refractivity contribution in [2.45, 2.75) is 27.7 Å². The van der Waals surface area contributed by atoms with E-state index in [1.54, 1.807) is 0 Å². The molecule has 0 radical (unpaired) electrons. The van der Waals surface area contributed by atoms with Crippen LogP contribution in [0.15, 0.2) is 92.0 Å². The van der Waals surface area contributed by atoms with Gasteiger partial charge in [-0.3, -0.25) is 0 Å². The van der Waals surface area contributed by atoms with Crippen LogP contribution in [0.25, 0.3) is 55.7 Å². The normalized spacial score (nSPS) is 11.4. The SMILES string of the molecule is Cc1cc(C)c2oc(-c3ccc(-c4ccc(-c5cc6c(N=O)c(C)cc(C)c6o5)cc4)cc3)cc2c1N=O. The molecule has 6 rings (SSSR count). The molecule has 2 heterocycles. The van der Waals surface area contributed by atoms with Crippen molar-refractivity contribution in [1.82, 2.24) is 0 Å². The molecule has 0 atom stereocenters. The lowest BCUT2D eigenvalue weighted by Gasteiger charge is -2.05. The fourth-order valence-corrected chi connectivity index (χ4v) is 5.24. The molecule has 0 saturated carbocycles. The fraction of sp³-hybridized carbons (Fsp3) is 0.125. The second kappa shape index (κ2) is 8.92. The number of nitrogens with zero attached hydrogens (tertiary/aromatic N) is 2. The highest BCUT2D eigenvalue weighted by molar-refractivity contribution is 5.97. The summed E-state index contributed by atoms with van der Waals surface area (Å²) in [6.07, 6.45) is 0. The number of fused-ring (bicyclic) bond motifs is 2. The van der Waals surface area contributed by atoms with E-state index in [4.69, 9.17) is 8.83 Å². The van der Waals surface area contributed by atoms with Gasteiger partial charge < -0.3 is 8.83 Å². The van der Waals surface area contributed by atoms with Crippen LogP contribution in [-0.2, 0) is 0 Å². The topological polar surface area (TPSA) is 85.1 Å². The average molecular weight is 501 g/mol. The van der Waals surface area contributed by atoms with Crippen molar-refractivity contribution in [3.05, 3.63) is 105 Å². The van der Waals surface area contributed by atoms with Crippen molar-refractivity contribution < 1.29 is 8.83 Å². The minimum Gasteiger partial charge on any atom is -0.456 e. The molecule has 186 valence electrons. The first kappa shape index (κ1) is 23.6. The molecule has 4 aromatic carbocycles. The molecule has 0 unspecified atom stereocenters. The summed E-state index contributed by atoms with van der Waals surface area (Å²) >= 11 is 0. The third-order valence-electron chi connectivity index (χ3n) is 7.16. The van der Waals surface area contributed by atoms with Gasteiger partial charge in [0.05, 0.1) is 10.8 Å². The third kappa shape index (κ3) is 3.73. The Morgan fingerprint density at radius 3 is 1.16 bits per heavy atom. The molecule has 0 aliphatic carbocycles. The van der Waals surface area contributed by atoms with Gasteiger partial charge in [0.2, 0.25) is 0 Å². The second-order valence-electron chi connectivity index (χ2n) is 9.76. The largest absolute Gasteiger partial charge is 0.456 e. The average Bonchev–Trinajstić information content (AvgIpc) is 3.56. The highest BCUT2D eigenvalue weighted by Gasteiger charge is 2.17. The molecule has 0 bridgehead atoms. The van der Waals surface area contributed by atoms with Gasteiger partial charge in [-0.2, -0.15) is 0 Å². The highest BCUT2D eigenvalue weighted by atomic mass is 16.3. The van der Waals surface area contributed by atoms with Gasteiger partial charge in [0.15, 0.2) is 0 Å². The number of benzene rings is 4. The van der Waals surface area contributed by atoms with Crippen molar-refractivity contribution >= 4 is 33.3 Å². The van der Waals surface area contributed by atoms with Gasteiger partial charge >= 0.3 is 0 Å². The number of nitroso groups, excluding NO2 is 2. The molecule has 0 saturated heterocycles. The van der Waals surface area contributed by atoms with E-state index in [2.05, 4.69) is 10.4 Å². The summed E-state index contributed by atoms with van der Waals surface area (Å²) in [4.78, 5) is 22.8. The van der Waals surface area contributed by atoms with E-state index < -0.39 is 0 Å². The zero-order valence-electron chi connectivity index (χ0n) is 21.5. The quantitative estimate of drug-likeness (QED) is 0.220. The van der Waals surface area contributed by atoms with E-state index in [-0.39, 0.29) is 0 Å². The van der Waals surface area contributed by atoms with Gasteiger partial charge in [0.1, 0.15) is 34.1 Å². The molecule has 0 fully saturated rings. The van der Waals surface area contributed by atoms with Crippen molar-refractivity contribution in [3.8, 4) is 33.8 Å². The molecule has 0 spiro atoms. The summed E-state index contributed by atoms with van der Waals surface area (Å²) in [5.41, 5.74) is 9.79. The number of rotatable bonds is 5. The fourth-order valence-electron chi connectivity index (χ4n) is 5.24. The van der Waals surface area contributed by atoms with Gasteiger partial charge in [-0.1, -0.05) is 60.7 Å². The van der Waals surface area contributed by atoms with Crippen LogP contribution in [0.4, 0.5) is 11.4 Å². The Bertz CT molecular complexity index is 1730. The lowest BCUT2D eigenvalue weighted by Crippen LogP contribution is -1.80. The molecule has 0 amide bonds. The Hall–Kier alpha value is -4.84. The summed E-state index contributed by atoms with van der Waals surface area (Å²) < 4.78 is 12.2. The predicted molar refractivity (Wildman–Crippen MR) is 152 cm³/mol. The third-order valence-corrected chi connectivity index (χ3v) is 7.16. The van der Waals surface area contributed by atoms with Crippen LogP contribution in [0.3, 0.4) is 0 Å². The molecule has 2 aromatic heterocycles. The number of hydrogen-bond donors (Lipinski definition) is 0. The first-order valence-corrected chi connectivity index (χ1v) is 12.3. The van der Waals surface area contributed by atoms with E-state index >= 15 is 0 Å². The standard InChI is InChI=1S/C32H24N2O4/c1-17-13-19(3)31-25(29(17)33-35)15-27(37-31)23-9-5-21(6-10-23)22-7-11-24(12-8-22)28-16-26-30(34-36)18(2)14-20(4)32(26)38-28/h5-16H,1-4H3. The zero-order chi connectivity index (χ0) is 26.6. The van der Waals surface area contributed by atoms with Crippen LogP contribution in [0.1, 0.15) is 22.3 Å². The summed E-state index contributed by atoms with van der Waals surface area (Å²) in [7, 11) is 0. The van der Waals surface area contributed by atoms with E-state index in [0.29, 0.717) is 34.1 Å². The lowest BCUT2D eigenvalue weighted by molar-refractivity contribution is 0.628. The number of hydrogen-bond acceptors (Lipinski definition) is 6. The number of furan rings is 2. The summed E-state index contributed by atoms with van der Waals surface area (Å²) in [5, 5.41) is 7.92. The lowest BCUT2D eigenvalue weighted by atomic mass is 10.0. The molecule has 0 N–H and O–H groups in total. The Balaban J connectivity index is 1.31. The van der Waals surface area contributed by atoms with Crippen LogP contribution >= 0.6 is 0 Å². The van der Waals surface area contributed by atoms with E-state index in [1.807, 2.05) is 100 Å². The number of aryl methyl sites for hydroxylation is 4. The minimum atomic E-state index is 0.422. The maximum absolute atomic E-state index is 11.4. The van der Waals surface area contributed by atoms with Gasteiger partial charge in [-0.05, 0) is 83.6 Å². The first-order chi connectivity index (χ1) is 18.4. The molecule has 6 heteroatoms. The maximum Gasteiger partial charge on any atom is 0.140 e. The summed E-state index contributed by atoms with van der Waals surface area (Å²) in [6, 6.07) is 23.8. The monoisotopic (exact) mass is 500 g/mol. The zero-order valence-corrected chi connectivity index (χ0v) is 21.5. The van der Waals surface area contributed by atoms with Gasteiger partial charge in [-0.25, -0.2) is 0 Å². The van der Waals surface area contributed by atoms with E-state index in [9.17, 15) is 9.81 Å². The van der Waals surface area contributed by atoms with Gasteiger partial charge in [-0.15, -0.1) is 9.81 Å². The van der Waals surface area contributed by atoms with Gasteiger partial charge in [0, 0.05) is 11.1 Å². The molecule has 6 nitrogen and oxygen atoms in total. The van der Waals surface area contributed by atoms with Crippen molar-refractivity contribution in [2.75, 3.05) is 0 Å². The van der Waals surface area contributed by atoms with Crippen molar-refractivity contribution in [3.63, 3.8) is 0 Å². The van der Waals surface area contributed by atoms with Crippen LogP contribution in [-0.4, -0.2) is 0 Å². The minimum absolute atomic E-state index is 0.422. The molecule has 38 heavy (non-hydrogen) atoms. The van der Waals surface area contributed by atoms with Crippen LogP contribution in [0, 0.1) is 37.5 Å². The smallest absolute Gasteiger partial charge is 0.140 e. The summed E-state index contributed by atoms with van der Waals surface area (Å²) in [6.45, 7) is 7.70. The Morgan fingerprint density at radius 2 is 0.816 bits per heavy atom. The summed E-state index contributed by atoms with van der Waals surface area (Å²) in [5.74, 6) is 1.39. The molecule has 0 aliphatic rings. The van der Waals surface area contributed by atoms with Crippen molar-refractivity contribution in [1.29, 1.82) is 0 Å². The Kier molecular flexibility index (Phi) is 5.53. The second-order valence-corrected chi connectivity index (χ2v) is 9.76. The van der Waals surface area contributed by atoms with Gasteiger partial charge in [0.25, 0.3) is 0 Å². The maximum atomic E-state index is 11.4. The van der Waals surface area contributed by atoms with E-state index in [0.717, 1.165) is 55.3 Å². The van der Waals surface area contributed by atoms with Crippen LogP contribution in [0.5, 0.6) is 0 Å². The Morgan fingerprint density at radius 1 is 0.474 bits per heavy atom. The molecule has 0 aliphatic heterocycles. The van der Waals surface area contributed by atoms with Crippen LogP contribution in [0.2, 0.25) is 0 Å². The Labute approximate surface area is 218 Å². The molecule has 6 aromatic rings. The van der Waals surface area contributed by atoms with E-state index in [1.165, 1.54) is 0 Å². The first-order valence-electron chi connectivity index (χ1n) is 12.3.